The highest BCUT2D eigenvalue weighted by atomic mass is 35.5. The highest BCUT2D eigenvalue weighted by Gasteiger charge is 2.06. The van der Waals surface area contributed by atoms with Crippen molar-refractivity contribution >= 4 is 29.3 Å². The Morgan fingerprint density at radius 2 is 2.21 bits per heavy atom. The number of aromatic nitrogens is 3. The van der Waals surface area contributed by atoms with Crippen LogP contribution < -0.4 is 0 Å². The average Bonchev–Trinajstić information content (AvgIpc) is 2.35. The smallest absolute Gasteiger partial charge is 0.335 e. The first-order valence-electron chi connectivity index (χ1n) is 5.37. The predicted octanol–water partition coefficient (Wildman–Crippen LogP) is 2.82. The fourth-order valence-electron chi connectivity index (χ4n) is 1.41. The standard InChI is InChI=1S/C12H10ClN3O2S/c1-7-4-9(13)16-10(15-7)6-19-11-5-8(12(17)18)2-3-14-11/h2-5H,6H2,1H3,(H,17,18). The Balaban J connectivity index is 2.10. The summed E-state index contributed by atoms with van der Waals surface area (Å²) in [6, 6.07) is 4.65. The Kier molecular flexibility index (Phi) is 4.34. The first kappa shape index (κ1) is 13.8. The van der Waals surface area contributed by atoms with Gasteiger partial charge in [-0.1, -0.05) is 23.4 Å². The zero-order valence-corrected chi connectivity index (χ0v) is 11.6. The molecule has 0 amide bonds. The van der Waals surface area contributed by atoms with E-state index in [0.717, 1.165) is 5.69 Å². The topological polar surface area (TPSA) is 76.0 Å². The van der Waals surface area contributed by atoms with E-state index in [4.69, 9.17) is 16.7 Å². The molecular weight excluding hydrogens is 286 g/mol. The first-order chi connectivity index (χ1) is 9.04. The number of hydrogen-bond donors (Lipinski definition) is 1. The molecule has 98 valence electrons. The molecule has 0 bridgehead atoms. The summed E-state index contributed by atoms with van der Waals surface area (Å²) < 4.78 is 0. The quantitative estimate of drug-likeness (QED) is 0.690. The maximum atomic E-state index is 10.8. The summed E-state index contributed by atoms with van der Waals surface area (Å²) in [5, 5.41) is 9.90. The molecule has 2 heterocycles. The fraction of sp³-hybridized carbons (Fsp3) is 0.167. The van der Waals surface area contributed by atoms with Gasteiger partial charge >= 0.3 is 5.97 Å². The number of carboxylic acid groups (broad SMARTS) is 1. The highest BCUT2D eigenvalue weighted by molar-refractivity contribution is 7.98. The Bertz CT molecular complexity index is 601. The summed E-state index contributed by atoms with van der Waals surface area (Å²) in [7, 11) is 0. The second-order valence-corrected chi connectivity index (χ2v) is 5.11. The van der Waals surface area contributed by atoms with E-state index in [1.54, 1.807) is 6.07 Å². The molecule has 0 aliphatic carbocycles. The highest BCUT2D eigenvalue weighted by Crippen LogP contribution is 2.20. The van der Waals surface area contributed by atoms with Gasteiger partial charge in [-0.15, -0.1) is 0 Å². The predicted molar refractivity (Wildman–Crippen MR) is 72.5 cm³/mol. The van der Waals surface area contributed by atoms with Gasteiger partial charge in [0, 0.05) is 11.9 Å². The molecule has 7 heteroatoms. The van der Waals surface area contributed by atoms with Crippen molar-refractivity contribution in [2.75, 3.05) is 0 Å². The number of hydrogen-bond acceptors (Lipinski definition) is 5. The normalized spacial score (nSPS) is 10.4. The van der Waals surface area contributed by atoms with Gasteiger partial charge in [-0.2, -0.15) is 0 Å². The largest absolute Gasteiger partial charge is 0.478 e. The Morgan fingerprint density at radius 1 is 1.42 bits per heavy atom. The third-order valence-corrected chi connectivity index (χ3v) is 3.32. The summed E-state index contributed by atoms with van der Waals surface area (Å²) >= 11 is 7.21. The maximum absolute atomic E-state index is 10.8. The van der Waals surface area contributed by atoms with E-state index in [-0.39, 0.29) is 5.56 Å². The summed E-state index contributed by atoms with van der Waals surface area (Å²) in [6.45, 7) is 1.84. The van der Waals surface area contributed by atoms with Gasteiger partial charge in [0.1, 0.15) is 11.0 Å². The van der Waals surface area contributed by atoms with Crippen molar-refractivity contribution in [3.05, 3.63) is 46.6 Å². The van der Waals surface area contributed by atoms with Gasteiger partial charge in [0.15, 0.2) is 0 Å². The number of aryl methyl sites for hydroxylation is 1. The molecule has 0 saturated heterocycles. The van der Waals surface area contributed by atoms with E-state index in [0.29, 0.717) is 21.8 Å². The second-order valence-electron chi connectivity index (χ2n) is 3.72. The van der Waals surface area contributed by atoms with Crippen molar-refractivity contribution < 1.29 is 9.90 Å². The minimum atomic E-state index is -0.973. The molecule has 0 atom stereocenters. The van der Waals surface area contributed by atoms with E-state index in [2.05, 4.69) is 15.0 Å². The van der Waals surface area contributed by atoms with Crippen LogP contribution in [0.4, 0.5) is 0 Å². The van der Waals surface area contributed by atoms with Crippen LogP contribution in [0.2, 0.25) is 5.15 Å². The van der Waals surface area contributed by atoms with Crippen molar-refractivity contribution in [3.8, 4) is 0 Å². The molecule has 0 aliphatic heterocycles. The van der Waals surface area contributed by atoms with E-state index >= 15 is 0 Å². The van der Waals surface area contributed by atoms with Crippen molar-refractivity contribution in [2.45, 2.75) is 17.7 Å². The van der Waals surface area contributed by atoms with Crippen molar-refractivity contribution in [3.63, 3.8) is 0 Å². The van der Waals surface area contributed by atoms with Crippen LogP contribution in [0.25, 0.3) is 0 Å². The number of rotatable bonds is 4. The lowest BCUT2D eigenvalue weighted by Crippen LogP contribution is -1.98. The molecule has 19 heavy (non-hydrogen) atoms. The number of pyridine rings is 1. The second kappa shape index (κ2) is 5.99. The van der Waals surface area contributed by atoms with Crippen molar-refractivity contribution in [1.29, 1.82) is 0 Å². The van der Waals surface area contributed by atoms with E-state index in [1.165, 1.54) is 30.1 Å². The molecule has 2 rings (SSSR count). The maximum Gasteiger partial charge on any atom is 0.335 e. The van der Waals surface area contributed by atoms with Gasteiger partial charge in [-0.25, -0.2) is 19.7 Å². The molecule has 0 unspecified atom stereocenters. The third-order valence-electron chi connectivity index (χ3n) is 2.20. The molecule has 0 aromatic carbocycles. The van der Waals surface area contributed by atoms with Gasteiger partial charge in [0.05, 0.1) is 16.3 Å². The van der Waals surface area contributed by atoms with Gasteiger partial charge < -0.3 is 5.11 Å². The summed E-state index contributed by atoms with van der Waals surface area (Å²) in [5.41, 5.74) is 1.00. The summed E-state index contributed by atoms with van der Waals surface area (Å²) in [5.74, 6) is 0.105. The van der Waals surface area contributed by atoms with Crippen molar-refractivity contribution in [2.24, 2.45) is 0 Å². The van der Waals surface area contributed by atoms with Crippen LogP contribution in [0, 0.1) is 6.92 Å². The van der Waals surface area contributed by atoms with Crippen LogP contribution in [-0.2, 0) is 5.75 Å². The molecule has 0 radical (unpaired) electrons. The Morgan fingerprint density at radius 3 is 2.89 bits per heavy atom. The van der Waals surface area contributed by atoms with Crippen LogP contribution in [-0.4, -0.2) is 26.0 Å². The van der Waals surface area contributed by atoms with Crippen LogP contribution in [0.5, 0.6) is 0 Å². The van der Waals surface area contributed by atoms with Gasteiger partial charge in [-0.05, 0) is 25.1 Å². The lowest BCUT2D eigenvalue weighted by molar-refractivity contribution is 0.0696. The summed E-state index contributed by atoms with van der Waals surface area (Å²) in [6.07, 6.45) is 1.47. The number of carboxylic acids is 1. The molecule has 2 aromatic heterocycles. The molecule has 1 N–H and O–H groups in total. The fourth-order valence-corrected chi connectivity index (χ4v) is 2.42. The van der Waals surface area contributed by atoms with Crippen LogP contribution in [0.15, 0.2) is 29.4 Å². The molecule has 0 saturated carbocycles. The Hall–Kier alpha value is -1.66. The zero-order chi connectivity index (χ0) is 13.8. The molecule has 0 aliphatic rings. The lowest BCUT2D eigenvalue weighted by atomic mass is 10.3. The van der Waals surface area contributed by atoms with Gasteiger partial charge in [0.2, 0.25) is 0 Å². The number of halogens is 1. The van der Waals surface area contributed by atoms with Gasteiger partial charge in [-0.3, -0.25) is 0 Å². The summed E-state index contributed by atoms with van der Waals surface area (Å²) in [4.78, 5) is 23.3. The van der Waals surface area contributed by atoms with E-state index < -0.39 is 5.97 Å². The lowest BCUT2D eigenvalue weighted by Gasteiger charge is -2.03. The number of aromatic carboxylic acids is 1. The monoisotopic (exact) mass is 295 g/mol. The molecule has 5 nitrogen and oxygen atoms in total. The first-order valence-corrected chi connectivity index (χ1v) is 6.73. The minimum absolute atomic E-state index is 0.209. The third kappa shape index (κ3) is 3.90. The Labute approximate surface area is 119 Å². The van der Waals surface area contributed by atoms with E-state index in [1.807, 2.05) is 6.92 Å². The number of carbonyl (C=O) groups is 1. The minimum Gasteiger partial charge on any atom is -0.478 e. The molecule has 2 aromatic rings. The van der Waals surface area contributed by atoms with E-state index in [9.17, 15) is 4.79 Å². The SMILES string of the molecule is Cc1cc(Cl)nc(CSc2cc(C(=O)O)ccn2)n1. The van der Waals surface area contributed by atoms with Gasteiger partial charge in [0.25, 0.3) is 0 Å². The molecule has 0 spiro atoms. The zero-order valence-electron chi connectivity index (χ0n) is 10.00. The van der Waals surface area contributed by atoms with Crippen LogP contribution in [0.3, 0.4) is 0 Å². The number of nitrogens with zero attached hydrogens (tertiary/aromatic N) is 3. The molecule has 0 fully saturated rings. The van der Waals surface area contributed by atoms with Crippen molar-refractivity contribution in [1.82, 2.24) is 15.0 Å². The molecular formula is C12H10ClN3O2S. The number of thioether (sulfide) groups is 1. The van der Waals surface area contributed by atoms with Crippen LogP contribution >= 0.6 is 23.4 Å². The van der Waals surface area contributed by atoms with Crippen LogP contribution in [0.1, 0.15) is 21.9 Å². The average molecular weight is 296 g/mol.